The number of aromatic nitrogens is 2. The fourth-order valence-corrected chi connectivity index (χ4v) is 6.34. The van der Waals surface area contributed by atoms with Gasteiger partial charge in [-0.25, -0.2) is 4.98 Å². The van der Waals surface area contributed by atoms with Crippen molar-refractivity contribution in [1.29, 1.82) is 0 Å². The SMILES string of the molecule is [2H]C1([2H])CN(C2CCN(c3ccc(Nc4ncc(Cl)c(Nc5ccccc5P(C)(C)=O)n4)c(OC)c3)CC2)CC([2H])([2H])N1C. The van der Waals surface area contributed by atoms with E-state index in [2.05, 4.69) is 25.5 Å². The summed E-state index contributed by atoms with van der Waals surface area (Å²) in [6.45, 7) is 1.90. The summed E-state index contributed by atoms with van der Waals surface area (Å²) in [6, 6.07) is 13.4. The lowest BCUT2D eigenvalue weighted by molar-refractivity contribution is 0.0982. The zero-order chi connectivity index (χ0) is 31.9. The van der Waals surface area contributed by atoms with Crippen LogP contribution in [0.5, 0.6) is 5.75 Å². The summed E-state index contributed by atoms with van der Waals surface area (Å²) in [6.07, 6.45) is 3.12. The summed E-state index contributed by atoms with van der Waals surface area (Å²) in [5.41, 5.74) is 2.34. The molecule has 214 valence electrons. The predicted octanol–water partition coefficient (Wildman–Crippen LogP) is 5.09. The second kappa shape index (κ2) is 12.4. The molecule has 2 saturated heterocycles. The van der Waals surface area contributed by atoms with E-state index in [9.17, 15) is 4.57 Å². The van der Waals surface area contributed by atoms with Gasteiger partial charge in [-0.1, -0.05) is 23.7 Å². The van der Waals surface area contributed by atoms with Crippen LogP contribution in [0.25, 0.3) is 0 Å². The van der Waals surface area contributed by atoms with Crippen molar-refractivity contribution in [2.24, 2.45) is 0 Å². The van der Waals surface area contributed by atoms with Crippen molar-refractivity contribution in [3.63, 3.8) is 0 Å². The fraction of sp³-hybridized carbons (Fsp3) is 0.448. The third-order valence-corrected chi connectivity index (χ3v) is 9.11. The molecule has 2 fully saturated rings. The molecule has 40 heavy (non-hydrogen) atoms. The molecule has 0 atom stereocenters. The highest BCUT2D eigenvalue weighted by Crippen LogP contribution is 2.39. The summed E-state index contributed by atoms with van der Waals surface area (Å²) in [5, 5.41) is 7.46. The molecule has 2 aromatic carbocycles. The number of methoxy groups -OCH3 is 1. The molecule has 0 unspecified atom stereocenters. The monoisotopic (exact) mass is 587 g/mol. The second-order valence-electron chi connectivity index (χ2n) is 10.4. The molecule has 3 aromatic rings. The Morgan fingerprint density at radius 3 is 2.48 bits per heavy atom. The van der Waals surface area contributed by atoms with Crippen molar-refractivity contribution in [3.8, 4) is 5.75 Å². The molecule has 0 bridgehead atoms. The van der Waals surface area contributed by atoms with E-state index in [-0.39, 0.29) is 19.1 Å². The van der Waals surface area contributed by atoms with E-state index in [4.69, 9.17) is 21.8 Å². The number of para-hydroxylation sites is 1. The fourth-order valence-electron chi connectivity index (χ4n) is 5.04. The van der Waals surface area contributed by atoms with Crippen molar-refractivity contribution in [1.82, 2.24) is 19.8 Å². The van der Waals surface area contributed by atoms with E-state index in [1.54, 1.807) is 20.4 Å². The standard InChI is InChI=1S/C29H39ClN7O2P/c1-35-15-17-37(18-16-35)21-11-13-36(14-12-21)22-9-10-24(26(19-22)39-2)33-29-31-20-23(30)28(34-29)32-25-7-5-6-8-27(25)40(3,4)38/h5-10,19-21H,11-18H2,1-4H3,(H2,31,32,33,34)/i15D2,16D2. The van der Waals surface area contributed by atoms with Gasteiger partial charge < -0.3 is 29.7 Å². The van der Waals surface area contributed by atoms with Crippen molar-refractivity contribution < 1.29 is 14.8 Å². The van der Waals surface area contributed by atoms with Crippen molar-refractivity contribution in [2.75, 3.05) is 82.2 Å². The quantitative estimate of drug-likeness (QED) is 0.350. The van der Waals surface area contributed by atoms with Crippen LogP contribution in [-0.4, -0.2) is 92.5 Å². The van der Waals surface area contributed by atoms with E-state index in [1.807, 2.05) is 47.4 Å². The first kappa shape index (κ1) is 23.8. The first-order valence-electron chi connectivity index (χ1n) is 15.3. The van der Waals surface area contributed by atoms with Gasteiger partial charge in [0.05, 0.1) is 24.7 Å². The van der Waals surface area contributed by atoms with Crippen LogP contribution in [0.1, 0.15) is 18.3 Å². The number of nitrogens with one attached hydrogen (secondary N) is 2. The molecular formula is C29H39ClN7O2P. The van der Waals surface area contributed by atoms with E-state index in [0.29, 0.717) is 39.2 Å². The largest absolute Gasteiger partial charge is 0.494 e. The van der Waals surface area contributed by atoms with Gasteiger partial charge >= 0.3 is 0 Å². The Morgan fingerprint density at radius 1 is 1.05 bits per heavy atom. The lowest BCUT2D eigenvalue weighted by Crippen LogP contribution is -2.52. The Kier molecular flexibility index (Phi) is 7.36. The zero-order valence-electron chi connectivity index (χ0n) is 27.3. The molecule has 0 radical (unpaired) electrons. The molecular weight excluding hydrogens is 545 g/mol. The number of piperidine rings is 1. The lowest BCUT2D eigenvalue weighted by Gasteiger charge is -2.42. The van der Waals surface area contributed by atoms with E-state index < -0.39 is 20.1 Å². The lowest BCUT2D eigenvalue weighted by atomic mass is 10.0. The molecule has 2 aliphatic heterocycles. The zero-order valence-corrected chi connectivity index (χ0v) is 25.0. The predicted molar refractivity (Wildman–Crippen MR) is 166 cm³/mol. The Morgan fingerprint density at radius 2 is 1.77 bits per heavy atom. The highest BCUT2D eigenvalue weighted by molar-refractivity contribution is 7.70. The number of anilines is 5. The maximum Gasteiger partial charge on any atom is 0.229 e. The first-order valence-corrected chi connectivity index (χ1v) is 16.3. The third-order valence-electron chi connectivity index (χ3n) is 7.28. The number of rotatable bonds is 8. The Balaban J connectivity index is 1.27. The third kappa shape index (κ3) is 6.72. The van der Waals surface area contributed by atoms with Gasteiger partial charge in [0, 0.05) is 67.8 Å². The number of piperazine rings is 1. The van der Waals surface area contributed by atoms with Crippen LogP contribution in [0, 0.1) is 0 Å². The molecule has 0 aliphatic carbocycles. The van der Waals surface area contributed by atoms with Gasteiger partial charge in [0.25, 0.3) is 0 Å². The number of nitrogens with zero attached hydrogens (tertiary/aromatic N) is 5. The van der Waals surface area contributed by atoms with Gasteiger partial charge in [-0.3, -0.25) is 4.90 Å². The van der Waals surface area contributed by atoms with Crippen LogP contribution in [0.15, 0.2) is 48.7 Å². The molecule has 11 heteroatoms. The molecule has 2 N–H and O–H groups in total. The summed E-state index contributed by atoms with van der Waals surface area (Å²) >= 11 is 6.42. The summed E-state index contributed by atoms with van der Waals surface area (Å²) in [5.74, 6) is 1.30. The number of hydrogen-bond donors (Lipinski definition) is 2. The molecule has 0 amide bonds. The van der Waals surface area contributed by atoms with Crippen LogP contribution >= 0.6 is 18.7 Å². The molecule has 1 aromatic heterocycles. The normalized spacial score (nSPS) is 21.6. The highest BCUT2D eigenvalue weighted by Gasteiger charge is 2.27. The topological polar surface area (TPSA) is 85.9 Å². The van der Waals surface area contributed by atoms with Crippen molar-refractivity contribution in [3.05, 3.63) is 53.7 Å². The smallest absolute Gasteiger partial charge is 0.229 e. The number of benzene rings is 2. The summed E-state index contributed by atoms with van der Waals surface area (Å²) in [4.78, 5) is 14.3. The average Bonchev–Trinajstić information content (AvgIpc) is 2.97. The van der Waals surface area contributed by atoms with Crippen LogP contribution in [0.3, 0.4) is 0 Å². The molecule has 3 heterocycles. The van der Waals surface area contributed by atoms with Crippen LogP contribution < -0.4 is 25.6 Å². The van der Waals surface area contributed by atoms with Crippen LogP contribution in [0.4, 0.5) is 28.8 Å². The van der Waals surface area contributed by atoms with Gasteiger partial charge in [0.15, 0.2) is 5.82 Å². The number of likely N-dealkylation sites (N-methyl/N-ethyl adjacent to an activating group) is 1. The number of halogens is 1. The molecule has 0 spiro atoms. The number of ether oxygens (including phenoxy) is 1. The van der Waals surface area contributed by atoms with Gasteiger partial charge in [-0.15, -0.1) is 0 Å². The Bertz CT molecular complexity index is 1530. The highest BCUT2D eigenvalue weighted by atomic mass is 35.5. The molecule has 5 rings (SSSR count). The Labute approximate surface area is 247 Å². The maximum absolute atomic E-state index is 12.8. The van der Waals surface area contributed by atoms with Gasteiger partial charge in [-0.2, -0.15) is 4.98 Å². The van der Waals surface area contributed by atoms with E-state index in [1.165, 1.54) is 18.1 Å². The van der Waals surface area contributed by atoms with Crippen molar-refractivity contribution >= 4 is 52.9 Å². The van der Waals surface area contributed by atoms with Gasteiger partial charge in [-0.05, 0) is 57.5 Å². The summed E-state index contributed by atoms with van der Waals surface area (Å²) in [7, 11) is 0.571. The first-order chi connectivity index (χ1) is 20.7. The average molecular weight is 588 g/mol. The van der Waals surface area contributed by atoms with Crippen LogP contribution in [-0.2, 0) is 4.57 Å². The molecule has 2 aliphatic rings. The van der Waals surface area contributed by atoms with Crippen molar-refractivity contribution in [2.45, 2.75) is 18.9 Å². The van der Waals surface area contributed by atoms with Gasteiger partial charge in [0.2, 0.25) is 5.95 Å². The molecule has 0 saturated carbocycles. The Hall–Kier alpha value is -2.84. The minimum atomic E-state index is -2.54. The summed E-state index contributed by atoms with van der Waals surface area (Å²) < 4.78 is 51.8. The second-order valence-corrected chi connectivity index (χ2v) is 14.0. The van der Waals surface area contributed by atoms with E-state index in [0.717, 1.165) is 31.6 Å². The number of hydrogen-bond acceptors (Lipinski definition) is 9. The van der Waals surface area contributed by atoms with Gasteiger partial charge in [0.1, 0.15) is 17.9 Å². The minimum absolute atomic E-state index is 0.117. The van der Waals surface area contributed by atoms with Crippen LogP contribution in [0.2, 0.25) is 5.02 Å². The maximum atomic E-state index is 12.8. The van der Waals surface area contributed by atoms with E-state index >= 15 is 0 Å². The minimum Gasteiger partial charge on any atom is -0.494 e. The molecule has 9 nitrogen and oxygen atoms in total.